The average Bonchev–Trinajstić information content (AvgIpc) is 3.02. The fraction of sp³-hybridized carbons (Fsp3) is 0.188. The van der Waals surface area contributed by atoms with Crippen molar-refractivity contribution in [2.75, 3.05) is 10.6 Å². The predicted molar refractivity (Wildman–Crippen MR) is 100 cm³/mol. The van der Waals surface area contributed by atoms with E-state index in [1.54, 1.807) is 6.20 Å². The van der Waals surface area contributed by atoms with E-state index < -0.39 is 17.9 Å². The number of carbonyl (C=O) groups is 2. The van der Waals surface area contributed by atoms with Crippen molar-refractivity contribution in [3.63, 3.8) is 0 Å². The molecule has 134 valence electrons. The van der Waals surface area contributed by atoms with Crippen LogP contribution in [-0.2, 0) is 4.79 Å². The zero-order valence-electron chi connectivity index (χ0n) is 13.9. The van der Waals surface area contributed by atoms with Gasteiger partial charge in [0, 0.05) is 23.2 Å². The Bertz CT molecular complexity index is 972. The van der Waals surface area contributed by atoms with Crippen LogP contribution in [0.1, 0.15) is 23.7 Å². The molecule has 9 nitrogen and oxygen atoms in total. The van der Waals surface area contributed by atoms with E-state index in [-0.39, 0.29) is 17.3 Å². The van der Waals surface area contributed by atoms with Gasteiger partial charge in [-0.1, -0.05) is 6.92 Å². The second-order valence-electron chi connectivity index (χ2n) is 5.46. The molecule has 3 heterocycles. The lowest BCUT2D eigenvalue weighted by molar-refractivity contribution is -0.118. The third-order valence-electron chi connectivity index (χ3n) is 3.71. The molecular formula is C16H17N7O2S. The molecule has 0 aliphatic rings. The van der Waals surface area contributed by atoms with E-state index in [2.05, 4.69) is 25.6 Å². The number of rotatable bonds is 7. The van der Waals surface area contributed by atoms with E-state index in [0.717, 1.165) is 15.9 Å². The van der Waals surface area contributed by atoms with E-state index >= 15 is 0 Å². The highest BCUT2D eigenvalue weighted by Gasteiger charge is 2.18. The topological polar surface area (TPSA) is 149 Å². The Labute approximate surface area is 152 Å². The van der Waals surface area contributed by atoms with Crippen molar-refractivity contribution in [3.8, 4) is 0 Å². The summed E-state index contributed by atoms with van der Waals surface area (Å²) in [7, 11) is 0. The van der Waals surface area contributed by atoms with Gasteiger partial charge in [0.1, 0.15) is 22.3 Å². The molecule has 0 radical (unpaired) electrons. The summed E-state index contributed by atoms with van der Waals surface area (Å²) < 4.78 is 0. The van der Waals surface area contributed by atoms with Crippen molar-refractivity contribution < 1.29 is 9.59 Å². The lowest BCUT2D eigenvalue weighted by Crippen LogP contribution is -2.35. The van der Waals surface area contributed by atoms with Crippen LogP contribution in [0.3, 0.4) is 0 Å². The van der Waals surface area contributed by atoms with Gasteiger partial charge in [0.2, 0.25) is 11.9 Å². The van der Waals surface area contributed by atoms with Crippen LogP contribution in [0.25, 0.3) is 10.2 Å². The molecule has 3 rings (SSSR count). The Balaban J connectivity index is 1.97. The number of hydrogen-bond donors (Lipinski definition) is 4. The largest absolute Gasteiger partial charge is 0.368 e. The summed E-state index contributed by atoms with van der Waals surface area (Å²) in [5.74, 6) is -0.781. The van der Waals surface area contributed by atoms with E-state index in [4.69, 9.17) is 11.5 Å². The zero-order valence-corrected chi connectivity index (χ0v) is 14.7. The van der Waals surface area contributed by atoms with Crippen molar-refractivity contribution in [3.05, 3.63) is 35.5 Å². The normalized spacial score (nSPS) is 11.9. The van der Waals surface area contributed by atoms with Crippen molar-refractivity contribution in [1.82, 2.24) is 15.0 Å². The maximum absolute atomic E-state index is 11.7. The molecule has 0 aromatic carbocycles. The van der Waals surface area contributed by atoms with Crippen molar-refractivity contribution >= 4 is 50.8 Å². The number of amides is 2. The molecule has 10 heteroatoms. The number of nitrogens with one attached hydrogen (secondary N) is 2. The summed E-state index contributed by atoms with van der Waals surface area (Å²) in [6, 6.07) is 3.11. The van der Waals surface area contributed by atoms with Gasteiger partial charge < -0.3 is 22.1 Å². The van der Waals surface area contributed by atoms with Crippen LogP contribution in [0, 0.1) is 0 Å². The minimum absolute atomic E-state index is 0.130. The zero-order chi connectivity index (χ0) is 18.7. The SMILES string of the molecule is CCC(Nc1ncc(C(N)=O)c(Nc2csc3ncccc23)n1)C(N)=O. The number of aromatic nitrogens is 3. The van der Waals surface area contributed by atoms with E-state index in [0.29, 0.717) is 6.42 Å². The number of nitrogens with two attached hydrogens (primary N) is 2. The van der Waals surface area contributed by atoms with Gasteiger partial charge in [-0.2, -0.15) is 4.98 Å². The number of carbonyl (C=O) groups excluding carboxylic acids is 2. The van der Waals surface area contributed by atoms with Crippen LogP contribution in [0.5, 0.6) is 0 Å². The second-order valence-corrected chi connectivity index (χ2v) is 6.32. The van der Waals surface area contributed by atoms with Gasteiger partial charge in [-0.05, 0) is 18.6 Å². The Kier molecular flexibility index (Phi) is 4.94. The first-order chi connectivity index (χ1) is 12.5. The molecule has 0 fully saturated rings. The smallest absolute Gasteiger partial charge is 0.254 e. The first-order valence-corrected chi connectivity index (χ1v) is 8.69. The quantitative estimate of drug-likeness (QED) is 0.493. The van der Waals surface area contributed by atoms with Crippen LogP contribution in [0.15, 0.2) is 29.9 Å². The number of nitrogens with zero attached hydrogens (tertiary/aromatic N) is 3. The molecule has 0 aliphatic heterocycles. The molecule has 1 unspecified atom stereocenters. The van der Waals surface area contributed by atoms with E-state index in [9.17, 15) is 9.59 Å². The van der Waals surface area contributed by atoms with Gasteiger partial charge in [0.05, 0.1) is 5.69 Å². The van der Waals surface area contributed by atoms with Gasteiger partial charge in [-0.25, -0.2) is 9.97 Å². The first kappa shape index (κ1) is 17.5. The third kappa shape index (κ3) is 3.54. The maximum atomic E-state index is 11.7. The molecule has 26 heavy (non-hydrogen) atoms. The summed E-state index contributed by atoms with van der Waals surface area (Å²) >= 11 is 1.46. The minimum atomic E-state index is -0.668. The van der Waals surface area contributed by atoms with Crippen LogP contribution in [-0.4, -0.2) is 32.8 Å². The summed E-state index contributed by atoms with van der Waals surface area (Å²) in [5, 5.41) is 8.72. The molecule has 1 atom stereocenters. The number of hydrogen-bond acceptors (Lipinski definition) is 8. The fourth-order valence-corrected chi connectivity index (χ4v) is 3.19. The average molecular weight is 371 g/mol. The van der Waals surface area contributed by atoms with Gasteiger partial charge in [0.15, 0.2) is 0 Å². The third-order valence-corrected chi connectivity index (χ3v) is 4.61. The van der Waals surface area contributed by atoms with Crippen LogP contribution < -0.4 is 22.1 Å². The number of pyridine rings is 1. The summed E-state index contributed by atoms with van der Waals surface area (Å²) in [6.45, 7) is 1.81. The van der Waals surface area contributed by atoms with Crippen LogP contribution in [0.4, 0.5) is 17.5 Å². The molecule has 0 spiro atoms. The van der Waals surface area contributed by atoms with Crippen molar-refractivity contribution in [2.24, 2.45) is 11.5 Å². The van der Waals surface area contributed by atoms with E-state index in [1.165, 1.54) is 17.5 Å². The Hall–Kier alpha value is -3.27. The summed E-state index contributed by atoms with van der Waals surface area (Å²) in [4.78, 5) is 36.6. The molecule has 3 aromatic heterocycles. The number of primary amides is 2. The molecule has 0 bridgehead atoms. The molecule has 0 aliphatic carbocycles. The molecule has 0 saturated carbocycles. The highest BCUT2D eigenvalue weighted by molar-refractivity contribution is 7.17. The molecule has 6 N–H and O–H groups in total. The Morgan fingerprint density at radius 3 is 2.81 bits per heavy atom. The molecular weight excluding hydrogens is 354 g/mol. The summed E-state index contributed by atoms with van der Waals surface area (Å²) in [6.07, 6.45) is 3.49. The summed E-state index contributed by atoms with van der Waals surface area (Å²) in [5.41, 5.74) is 11.6. The van der Waals surface area contributed by atoms with Crippen LogP contribution in [0.2, 0.25) is 0 Å². The number of thiophene rings is 1. The predicted octanol–water partition coefficient (Wildman–Crippen LogP) is 1.60. The number of anilines is 3. The number of fused-ring (bicyclic) bond motifs is 1. The monoisotopic (exact) mass is 371 g/mol. The molecule has 0 saturated heterocycles. The first-order valence-electron chi connectivity index (χ1n) is 7.81. The second kappa shape index (κ2) is 7.31. The van der Waals surface area contributed by atoms with Crippen molar-refractivity contribution in [1.29, 1.82) is 0 Å². The molecule has 3 aromatic rings. The fourth-order valence-electron chi connectivity index (χ4n) is 2.35. The van der Waals surface area contributed by atoms with Gasteiger partial charge in [-0.15, -0.1) is 11.3 Å². The van der Waals surface area contributed by atoms with Crippen LogP contribution >= 0.6 is 11.3 Å². The standard InChI is InChI=1S/C16H17N7O2S/c1-2-10(13(18)25)22-16-20-6-9(12(17)24)14(23-16)21-11-7-26-15-8(11)4-3-5-19-15/h3-7,10H,2H2,1H3,(H2,17,24)(H2,18,25)(H2,20,21,22,23). The van der Waals surface area contributed by atoms with Crippen molar-refractivity contribution in [2.45, 2.75) is 19.4 Å². The minimum Gasteiger partial charge on any atom is -0.368 e. The van der Waals surface area contributed by atoms with E-state index in [1.807, 2.05) is 24.4 Å². The Morgan fingerprint density at radius 2 is 2.12 bits per heavy atom. The lowest BCUT2D eigenvalue weighted by Gasteiger charge is -2.15. The Morgan fingerprint density at radius 1 is 1.31 bits per heavy atom. The highest BCUT2D eigenvalue weighted by atomic mass is 32.1. The van der Waals surface area contributed by atoms with Gasteiger partial charge in [-0.3, -0.25) is 9.59 Å². The van der Waals surface area contributed by atoms with Gasteiger partial charge in [0.25, 0.3) is 5.91 Å². The lowest BCUT2D eigenvalue weighted by atomic mass is 10.2. The highest BCUT2D eigenvalue weighted by Crippen LogP contribution is 2.31. The molecule has 2 amide bonds. The van der Waals surface area contributed by atoms with Gasteiger partial charge >= 0.3 is 0 Å². The maximum Gasteiger partial charge on any atom is 0.254 e.